The van der Waals surface area contributed by atoms with Gasteiger partial charge in [0, 0.05) is 19.2 Å². The Morgan fingerprint density at radius 3 is 2.77 bits per heavy atom. The Labute approximate surface area is 134 Å². The van der Waals surface area contributed by atoms with E-state index >= 15 is 0 Å². The first-order valence-corrected chi connectivity index (χ1v) is 7.57. The molecule has 2 aromatic heterocycles. The molecule has 2 heterocycles. The second-order valence-electron chi connectivity index (χ2n) is 5.07. The molecular formula is C17H15ClN4. The topological polar surface area (TPSA) is 54.5 Å². The van der Waals surface area contributed by atoms with E-state index in [0.717, 1.165) is 29.8 Å². The first kappa shape index (κ1) is 14.6. The zero-order valence-corrected chi connectivity index (χ0v) is 12.8. The number of halogens is 1. The van der Waals surface area contributed by atoms with Crippen LogP contribution in [0.2, 0.25) is 5.02 Å². The minimum atomic E-state index is 0.439. The maximum Gasteiger partial charge on any atom is 0.160 e. The molecule has 5 heteroatoms. The highest BCUT2D eigenvalue weighted by atomic mass is 35.5. The maximum absolute atomic E-state index is 8.85. The van der Waals surface area contributed by atoms with Crippen LogP contribution in [0.3, 0.4) is 0 Å². The number of hydrogen-bond acceptors (Lipinski definition) is 3. The van der Waals surface area contributed by atoms with Gasteiger partial charge in [0.15, 0.2) is 5.65 Å². The second-order valence-corrected chi connectivity index (χ2v) is 5.51. The molecule has 0 saturated carbocycles. The van der Waals surface area contributed by atoms with Crippen LogP contribution >= 0.6 is 11.6 Å². The zero-order valence-electron chi connectivity index (χ0n) is 12.0. The predicted molar refractivity (Wildman–Crippen MR) is 86.6 cm³/mol. The van der Waals surface area contributed by atoms with Gasteiger partial charge in [-0.05, 0) is 18.1 Å². The van der Waals surface area contributed by atoms with E-state index < -0.39 is 0 Å². The lowest BCUT2D eigenvalue weighted by molar-refractivity contribution is 0.671. The molecule has 0 saturated heterocycles. The Hall–Kier alpha value is -2.38. The third-order valence-corrected chi connectivity index (χ3v) is 3.76. The van der Waals surface area contributed by atoms with Gasteiger partial charge in [0.1, 0.15) is 11.3 Å². The maximum atomic E-state index is 8.85. The third kappa shape index (κ3) is 3.10. The predicted octanol–water partition coefficient (Wildman–Crippen LogP) is 3.78. The summed E-state index contributed by atoms with van der Waals surface area (Å²) in [6, 6.07) is 14.3. The molecule has 22 heavy (non-hydrogen) atoms. The fourth-order valence-electron chi connectivity index (χ4n) is 2.52. The van der Waals surface area contributed by atoms with Crippen molar-refractivity contribution in [3.05, 3.63) is 59.0 Å². The molecule has 4 nitrogen and oxygen atoms in total. The van der Waals surface area contributed by atoms with Crippen LogP contribution in [0, 0.1) is 11.3 Å². The number of hydrogen-bond donors (Lipinski definition) is 0. The standard InChI is InChI=1S/C17H15ClN4/c18-14-11-15-17(20-12-14)22(10-4-9-19)16(21-15)8-7-13-5-2-1-3-6-13/h1-3,5-6,11-12H,4,7-8,10H2. The summed E-state index contributed by atoms with van der Waals surface area (Å²) in [4.78, 5) is 9.02. The van der Waals surface area contributed by atoms with Crippen molar-refractivity contribution in [1.29, 1.82) is 5.26 Å². The quantitative estimate of drug-likeness (QED) is 0.720. The first-order valence-electron chi connectivity index (χ1n) is 7.19. The van der Waals surface area contributed by atoms with Crippen molar-refractivity contribution in [3.8, 4) is 6.07 Å². The van der Waals surface area contributed by atoms with Gasteiger partial charge in [0.25, 0.3) is 0 Å². The van der Waals surface area contributed by atoms with Crippen LogP contribution < -0.4 is 0 Å². The number of nitriles is 1. The minimum absolute atomic E-state index is 0.439. The third-order valence-electron chi connectivity index (χ3n) is 3.56. The number of aryl methyl sites for hydroxylation is 3. The Morgan fingerprint density at radius 1 is 1.18 bits per heavy atom. The van der Waals surface area contributed by atoms with Crippen LogP contribution in [0.5, 0.6) is 0 Å². The smallest absolute Gasteiger partial charge is 0.160 e. The molecule has 0 aliphatic carbocycles. The van der Waals surface area contributed by atoms with Gasteiger partial charge in [0.05, 0.1) is 17.5 Å². The van der Waals surface area contributed by atoms with Crippen molar-refractivity contribution < 1.29 is 0 Å². The first-order chi connectivity index (χ1) is 10.8. The van der Waals surface area contributed by atoms with Gasteiger partial charge in [-0.1, -0.05) is 41.9 Å². The number of nitrogens with zero attached hydrogens (tertiary/aromatic N) is 4. The number of pyridine rings is 1. The summed E-state index contributed by atoms with van der Waals surface area (Å²) in [5.41, 5.74) is 2.85. The number of rotatable bonds is 5. The van der Waals surface area contributed by atoms with Crippen LogP contribution in [0.1, 0.15) is 17.8 Å². The van der Waals surface area contributed by atoms with Crippen molar-refractivity contribution in [1.82, 2.24) is 14.5 Å². The van der Waals surface area contributed by atoms with Gasteiger partial charge in [-0.3, -0.25) is 0 Å². The summed E-state index contributed by atoms with van der Waals surface area (Å²) in [7, 11) is 0. The van der Waals surface area contributed by atoms with Gasteiger partial charge in [-0.15, -0.1) is 0 Å². The zero-order chi connectivity index (χ0) is 15.4. The van der Waals surface area contributed by atoms with E-state index in [1.165, 1.54) is 5.56 Å². The molecule has 0 unspecified atom stereocenters. The summed E-state index contributed by atoms with van der Waals surface area (Å²) < 4.78 is 2.03. The number of fused-ring (bicyclic) bond motifs is 1. The summed E-state index contributed by atoms with van der Waals surface area (Å²) >= 11 is 5.99. The van der Waals surface area contributed by atoms with E-state index in [2.05, 4.69) is 28.2 Å². The highest BCUT2D eigenvalue weighted by Gasteiger charge is 2.12. The van der Waals surface area contributed by atoms with Crippen LogP contribution in [0.4, 0.5) is 0 Å². The Morgan fingerprint density at radius 2 is 2.00 bits per heavy atom. The molecule has 0 amide bonds. The van der Waals surface area contributed by atoms with Crippen molar-refractivity contribution in [2.75, 3.05) is 0 Å². The molecule has 1 aromatic carbocycles. The molecular weight excluding hydrogens is 296 g/mol. The lowest BCUT2D eigenvalue weighted by Gasteiger charge is -2.06. The van der Waals surface area contributed by atoms with Crippen LogP contribution in [0.25, 0.3) is 11.2 Å². The molecule has 0 N–H and O–H groups in total. The fraction of sp³-hybridized carbons (Fsp3) is 0.235. The molecule has 0 spiro atoms. The molecule has 0 bridgehead atoms. The van der Waals surface area contributed by atoms with E-state index in [1.807, 2.05) is 28.8 Å². The van der Waals surface area contributed by atoms with Crippen molar-refractivity contribution in [2.24, 2.45) is 0 Å². The molecule has 0 atom stereocenters. The molecule has 0 aliphatic heterocycles. The summed E-state index contributed by atoms with van der Waals surface area (Å²) in [5, 5.41) is 9.43. The van der Waals surface area contributed by atoms with Gasteiger partial charge in [-0.25, -0.2) is 9.97 Å². The van der Waals surface area contributed by atoms with E-state index in [-0.39, 0.29) is 0 Å². The van der Waals surface area contributed by atoms with E-state index in [0.29, 0.717) is 18.0 Å². The highest BCUT2D eigenvalue weighted by Crippen LogP contribution is 2.19. The summed E-state index contributed by atoms with van der Waals surface area (Å²) in [6.45, 7) is 0.603. The van der Waals surface area contributed by atoms with E-state index in [4.69, 9.17) is 16.9 Å². The largest absolute Gasteiger partial charge is 0.312 e. The Bertz CT molecular complexity index is 818. The number of benzene rings is 1. The summed E-state index contributed by atoms with van der Waals surface area (Å²) in [6.07, 6.45) is 3.78. The lowest BCUT2D eigenvalue weighted by Crippen LogP contribution is -2.06. The second kappa shape index (κ2) is 6.59. The van der Waals surface area contributed by atoms with Gasteiger partial charge < -0.3 is 4.57 Å². The highest BCUT2D eigenvalue weighted by molar-refractivity contribution is 6.31. The average Bonchev–Trinajstić information content (AvgIpc) is 2.88. The van der Waals surface area contributed by atoms with Crippen LogP contribution in [-0.4, -0.2) is 14.5 Å². The normalized spacial score (nSPS) is 10.7. The molecule has 0 aliphatic rings. The number of aromatic nitrogens is 3. The molecule has 0 radical (unpaired) electrons. The van der Waals surface area contributed by atoms with Crippen LogP contribution in [0.15, 0.2) is 42.6 Å². The molecule has 0 fully saturated rings. The average molecular weight is 311 g/mol. The van der Waals surface area contributed by atoms with Crippen LogP contribution in [-0.2, 0) is 19.4 Å². The van der Waals surface area contributed by atoms with E-state index in [9.17, 15) is 0 Å². The molecule has 3 rings (SSSR count). The van der Waals surface area contributed by atoms with Crippen molar-refractivity contribution >= 4 is 22.8 Å². The Kier molecular flexibility index (Phi) is 4.36. The SMILES string of the molecule is N#CCCn1c(CCc2ccccc2)nc2cc(Cl)cnc21. The van der Waals surface area contributed by atoms with Crippen molar-refractivity contribution in [2.45, 2.75) is 25.8 Å². The number of imidazole rings is 1. The van der Waals surface area contributed by atoms with Crippen molar-refractivity contribution in [3.63, 3.8) is 0 Å². The van der Waals surface area contributed by atoms with E-state index in [1.54, 1.807) is 6.20 Å². The van der Waals surface area contributed by atoms with Gasteiger partial charge in [-0.2, -0.15) is 5.26 Å². The molecule has 110 valence electrons. The Balaban J connectivity index is 1.91. The minimum Gasteiger partial charge on any atom is -0.312 e. The lowest BCUT2D eigenvalue weighted by atomic mass is 10.1. The monoisotopic (exact) mass is 310 g/mol. The van der Waals surface area contributed by atoms with Gasteiger partial charge >= 0.3 is 0 Å². The fourth-order valence-corrected chi connectivity index (χ4v) is 2.67. The molecule has 3 aromatic rings. The van der Waals surface area contributed by atoms with Gasteiger partial charge in [0.2, 0.25) is 0 Å². The summed E-state index contributed by atoms with van der Waals surface area (Å²) in [5.74, 6) is 0.948.